The molecule has 0 spiro atoms. The van der Waals surface area contributed by atoms with Crippen molar-refractivity contribution >= 4 is 40.9 Å². The molecule has 1 aliphatic heterocycles. The summed E-state index contributed by atoms with van der Waals surface area (Å²) in [5, 5.41) is 3.38. The van der Waals surface area contributed by atoms with Crippen LogP contribution in [0.3, 0.4) is 0 Å². The van der Waals surface area contributed by atoms with Gasteiger partial charge in [0, 0.05) is 24.1 Å². The van der Waals surface area contributed by atoms with Gasteiger partial charge in [-0.1, -0.05) is 36.0 Å². The minimum atomic E-state index is -0.534. The summed E-state index contributed by atoms with van der Waals surface area (Å²) >= 11 is 1.43. The molecule has 2 amide bonds. The zero-order valence-electron chi connectivity index (χ0n) is 16.7. The molecule has 7 nitrogen and oxygen atoms in total. The van der Waals surface area contributed by atoms with Crippen molar-refractivity contribution in [2.24, 2.45) is 0 Å². The summed E-state index contributed by atoms with van der Waals surface area (Å²) in [4.78, 5) is 44.6. The molecule has 0 unspecified atom stereocenters. The maximum Gasteiger partial charge on any atom is 0.339 e. The van der Waals surface area contributed by atoms with Crippen molar-refractivity contribution in [3.63, 3.8) is 0 Å². The predicted molar refractivity (Wildman–Crippen MR) is 118 cm³/mol. The molecule has 3 aromatic rings. The molecule has 2 heterocycles. The van der Waals surface area contributed by atoms with Crippen LogP contribution in [0.1, 0.15) is 27.1 Å². The van der Waals surface area contributed by atoms with Crippen molar-refractivity contribution in [1.82, 2.24) is 4.98 Å². The minimum absolute atomic E-state index is 0.0514. The van der Waals surface area contributed by atoms with Crippen LogP contribution < -0.4 is 10.2 Å². The number of rotatable bonds is 5. The normalized spacial score (nSPS) is 12.4. The van der Waals surface area contributed by atoms with Crippen molar-refractivity contribution in [2.75, 3.05) is 23.9 Å². The van der Waals surface area contributed by atoms with E-state index < -0.39 is 5.97 Å². The molecular formula is C23H19N3O4S. The number of carbonyl (C=O) groups is 3. The second kappa shape index (κ2) is 9.01. The predicted octanol–water partition coefficient (Wildman–Crippen LogP) is 4.01. The summed E-state index contributed by atoms with van der Waals surface area (Å²) in [6, 6.07) is 17.6. The van der Waals surface area contributed by atoms with E-state index in [1.165, 1.54) is 18.9 Å². The Morgan fingerprint density at radius 2 is 1.84 bits per heavy atom. The van der Waals surface area contributed by atoms with Crippen molar-refractivity contribution in [1.29, 1.82) is 0 Å². The highest BCUT2D eigenvalue weighted by atomic mass is 32.2. The topological polar surface area (TPSA) is 88.6 Å². The molecule has 0 radical (unpaired) electrons. The highest BCUT2D eigenvalue weighted by molar-refractivity contribution is 7.99. The highest BCUT2D eigenvalue weighted by Crippen LogP contribution is 2.40. The van der Waals surface area contributed by atoms with Crippen molar-refractivity contribution in [3.8, 4) is 0 Å². The number of ether oxygens (including phenoxy) is 1. The fraction of sp³-hybridized carbons (Fsp3) is 0.130. The average Bonchev–Trinajstić information content (AvgIpc) is 2.91. The van der Waals surface area contributed by atoms with Gasteiger partial charge in [0.1, 0.15) is 5.03 Å². The first-order chi connectivity index (χ1) is 15.1. The largest absolute Gasteiger partial charge is 0.465 e. The van der Waals surface area contributed by atoms with Crippen LogP contribution in [0.15, 0.2) is 76.8 Å². The quantitative estimate of drug-likeness (QED) is 0.612. The van der Waals surface area contributed by atoms with E-state index >= 15 is 0 Å². The third kappa shape index (κ3) is 4.29. The summed E-state index contributed by atoms with van der Waals surface area (Å²) in [6.07, 6.45) is 1.71. The molecule has 0 fully saturated rings. The molecule has 8 heteroatoms. The number of hydrogen-bond donors (Lipinski definition) is 1. The number of pyridine rings is 1. The van der Waals surface area contributed by atoms with E-state index in [0.717, 1.165) is 10.6 Å². The van der Waals surface area contributed by atoms with Gasteiger partial charge in [0.25, 0.3) is 5.91 Å². The van der Waals surface area contributed by atoms with Crippen molar-refractivity contribution < 1.29 is 19.1 Å². The first-order valence-corrected chi connectivity index (χ1v) is 10.4. The van der Waals surface area contributed by atoms with Gasteiger partial charge in [-0.2, -0.15) is 0 Å². The summed E-state index contributed by atoms with van der Waals surface area (Å²) in [6.45, 7) is 0.178. The number of amides is 2. The van der Waals surface area contributed by atoms with Crippen LogP contribution in [0.2, 0.25) is 0 Å². The van der Waals surface area contributed by atoms with Gasteiger partial charge in [0.05, 0.1) is 29.6 Å². The molecule has 0 saturated heterocycles. The lowest BCUT2D eigenvalue weighted by atomic mass is 10.1. The number of nitrogens with zero attached hydrogens (tertiary/aromatic N) is 2. The Balaban J connectivity index is 1.55. The van der Waals surface area contributed by atoms with E-state index in [2.05, 4.69) is 10.3 Å². The van der Waals surface area contributed by atoms with Crippen LogP contribution >= 0.6 is 11.8 Å². The lowest BCUT2D eigenvalue weighted by Gasteiger charge is -2.22. The fourth-order valence-corrected chi connectivity index (χ4v) is 4.31. The van der Waals surface area contributed by atoms with Gasteiger partial charge in [0.2, 0.25) is 5.91 Å². The first-order valence-electron chi connectivity index (χ1n) is 9.59. The highest BCUT2D eigenvalue weighted by Gasteiger charge is 2.28. The summed E-state index contributed by atoms with van der Waals surface area (Å²) in [7, 11) is 1.29. The number of esters is 1. The second-order valence-corrected chi connectivity index (χ2v) is 7.75. The lowest BCUT2D eigenvalue weighted by Crippen LogP contribution is -2.34. The molecule has 1 aliphatic rings. The molecule has 0 aliphatic carbocycles. The van der Waals surface area contributed by atoms with E-state index in [1.807, 2.05) is 24.3 Å². The SMILES string of the molecule is COC(=O)c1ccccc1NC(=O)CCN1C(=O)c2cccnc2Sc2ccccc21. The van der Waals surface area contributed by atoms with Gasteiger partial charge in [0.15, 0.2) is 0 Å². The van der Waals surface area contributed by atoms with Gasteiger partial charge < -0.3 is 15.0 Å². The standard InChI is InChI=1S/C23H19N3O4S/c1-30-23(29)15-7-2-3-9-17(15)25-20(27)12-14-26-18-10-4-5-11-19(18)31-21-16(22(26)28)8-6-13-24-21/h2-11,13H,12,14H2,1H3,(H,25,27). The zero-order valence-corrected chi connectivity index (χ0v) is 17.5. The third-order valence-corrected chi connectivity index (χ3v) is 5.86. The smallest absolute Gasteiger partial charge is 0.339 e. The molecule has 0 bridgehead atoms. The lowest BCUT2D eigenvalue weighted by molar-refractivity contribution is -0.116. The maximum absolute atomic E-state index is 13.2. The van der Waals surface area contributed by atoms with Crippen LogP contribution in [-0.4, -0.2) is 36.4 Å². The summed E-state index contributed by atoms with van der Waals surface area (Å²) in [5.41, 5.74) is 1.87. The van der Waals surface area contributed by atoms with Crippen molar-refractivity contribution in [2.45, 2.75) is 16.3 Å². The molecule has 1 aromatic heterocycles. The number of carbonyl (C=O) groups excluding carboxylic acids is 3. The summed E-state index contributed by atoms with van der Waals surface area (Å²) in [5.74, 6) is -1.05. The maximum atomic E-state index is 13.2. The molecule has 31 heavy (non-hydrogen) atoms. The molecule has 4 rings (SSSR count). The van der Waals surface area contributed by atoms with Gasteiger partial charge in [-0.05, 0) is 36.4 Å². The number of methoxy groups -OCH3 is 1. The van der Waals surface area contributed by atoms with Gasteiger partial charge in [-0.3, -0.25) is 9.59 Å². The molecule has 1 N–H and O–H groups in total. The van der Waals surface area contributed by atoms with Crippen LogP contribution in [0.25, 0.3) is 0 Å². The number of para-hydroxylation sites is 2. The Hall–Kier alpha value is -3.65. The Kier molecular flexibility index (Phi) is 5.99. The van der Waals surface area contributed by atoms with E-state index in [4.69, 9.17) is 4.74 Å². The number of hydrogen-bond acceptors (Lipinski definition) is 6. The molecule has 0 saturated carbocycles. The number of fused-ring (bicyclic) bond motifs is 2. The van der Waals surface area contributed by atoms with E-state index in [1.54, 1.807) is 47.5 Å². The summed E-state index contributed by atoms with van der Waals surface area (Å²) < 4.78 is 4.76. The Morgan fingerprint density at radius 1 is 1.06 bits per heavy atom. The molecular weight excluding hydrogens is 414 g/mol. The fourth-order valence-electron chi connectivity index (χ4n) is 3.29. The van der Waals surface area contributed by atoms with Gasteiger partial charge in [-0.25, -0.2) is 9.78 Å². The van der Waals surface area contributed by atoms with E-state index in [-0.39, 0.29) is 30.3 Å². The first kappa shape index (κ1) is 20.6. The number of nitrogens with one attached hydrogen (secondary N) is 1. The van der Waals surface area contributed by atoms with Crippen LogP contribution in [0.4, 0.5) is 11.4 Å². The third-order valence-electron chi connectivity index (χ3n) is 4.78. The van der Waals surface area contributed by atoms with Crippen LogP contribution in [0.5, 0.6) is 0 Å². The number of benzene rings is 2. The monoisotopic (exact) mass is 433 g/mol. The molecule has 156 valence electrons. The van der Waals surface area contributed by atoms with Gasteiger partial charge >= 0.3 is 5.97 Å². The Morgan fingerprint density at radius 3 is 2.68 bits per heavy atom. The number of aromatic nitrogens is 1. The van der Waals surface area contributed by atoms with Crippen LogP contribution in [-0.2, 0) is 9.53 Å². The Labute approximate surface area is 183 Å². The minimum Gasteiger partial charge on any atom is -0.465 e. The van der Waals surface area contributed by atoms with E-state index in [0.29, 0.717) is 16.3 Å². The van der Waals surface area contributed by atoms with Gasteiger partial charge in [-0.15, -0.1) is 0 Å². The number of anilines is 2. The Bertz CT molecular complexity index is 1160. The average molecular weight is 433 g/mol. The zero-order chi connectivity index (χ0) is 21.8. The van der Waals surface area contributed by atoms with Crippen molar-refractivity contribution in [3.05, 3.63) is 78.0 Å². The second-order valence-electron chi connectivity index (χ2n) is 6.72. The molecule has 2 aromatic carbocycles. The van der Waals surface area contributed by atoms with Crippen LogP contribution in [0, 0.1) is 0 Å². The molecule has 0 atom stereocenters. The van der Waals surface area contributed by atoms with E-state index in [9.17, 15) is 14.4 Å².